The van der Waals surface area contributed by atoms with Crippen molar-refractivity contribution in [3.63, 3.8) is 0 Å². The fourth-order valence-corrected chi connectivity index (χ4v) is 3.83. The Bertz CT molecular complexity index is 696. The van der Waals surface area contributed by atoms with Gasteiger partial charge in [-0.05, 0) is 11.4 Å². The summed E-state index contributed by atoms with van der Waals surface area (Å²) in [6.45, 7) is 4.14. The third kappa shape index (κ3) is 2.48. The zero-order chi connectivity index (χ0) is 14.9. The van der Waals surface area contributed by atoms with Crippen molar-refractivity contribution in [2.24, 2.45) is 0 Å². The Morgan fingerprint density at radius 2 is 2.23 bits per heavy atom. The van der Waals surface area contributed by atoms with E-state index in [0.29, 0.717) is 18.8 Å². The highest BCUT2D eigenvalue weighted by atomic mass is 32.1. The fraction of sp³-hybridized carbons (Fsp3) is 0.375. The van der Waals surface area contributed by atoms with Crippen LogP contribution in [0, 0.1) is 0 Å². The summed E-state index contributed by atoms with van der Waals surface area (Å²) in [6.07, 6.45) is 4.99. The lowest BCUT2D eigenvalue weighted by Crippen LogP contribution is -2.33. The van der Waals surface area contributed by atoms with Gasteiger partial charge >= 0.3 is 0 Å². The minimum atomic E-state index is 0.0421. The van der Waals surface area contributed by atoms with Crippen LogP contribution >= 0.6 is 11.3 Å². The maximum atomic E-state index is 12.6. The van der Waals surface area contributed by atoms with Gasteiger partial charge in [-0.3, -0.25) is 14.8 Å². The molecule has 1 N–H and O–H groups in total. The van der Waals surface area contributed by atoms with E-state index in [0.717, 1.165) is 37.3 Å². The van der Waals surface area contributed by atoms with Crippen molar-refractivity contribution in [2.75, 3.05) is 19.6 Å². The molecule has 2 aromatic heterocycles. The highest BCUT2D eigenvalue weighted by Gasteiger charge is 2.28. The highest BCUT2D eigenvalue weighted by molar-refractivity contribution is 7.09. The van der Waals surface area contributed by atoms with Crippen LogP contribution in [-0.2, 0) is 19.5 Å². The van der Waals surface area contributed by atoms with Crippen LogP contribution in [0.2, 0.25) is 0 Å². The number of nitrogens with zero attached hydrogens (tertiary/aromatic N) is 3. The van der Waals surface area contributed by atoms with Gasteiger partial charge in [-0.2, -0.15) is 5.10 Å². The molecule has 0 atom stereocenters. The molecule has 1 amide bonds. The van der Waals surface area contributed by atoms with Crippen molar-refractivity contribution in [1.29, 1.82) is 0 Å². The molecule has 22 heavy (non-hydrogen) atoms. The summed E-state index contributed by atoms with van der Waals surface area (Å²) in [4.78, 5) is 18.2. The van der Waals surface area contributed by atoms with Gasteiger partial charge in [0.25, 0.3) is 5.91 Å². The number of rotatable bonds is 3. The van der Waals surface area contributed by atoms with E-state index in [9.17, 15) is 4.79 Å². The number of fused-ring (bicyclic) bond motifs is 1. The van der Waals surface area contributed by atoms with Crippen molar-refractivity contribution >= 4 is 17.2 Å². The summed E-state index contributed by atoms with van der Waals surface area (Å²) in [5.74, 6) is 0.0421. The Balaban J connectivity index is 1.53. The van der Waals surface area contributed by atoms with E-state index < -0.39 is 0 Å². The summed E-state index contributed by atoms with van der Waals surface area (Å²) < 4.78 is 0. The first kappa shape index (κ1) is 13.7. The molecule has 4 rings (SSSR count). The minimum Gasteiger partial charge on any atom is -0.330 e. The second-order valence-electron chi connectivity index (χ2n) is 5.75. The Morgan fingerprint density at radius 1 is 1.36 bits per heavy atom. The molecule has 4 heterocycles. The van der Waals surface area contributed by atoms with Crippen molar-refractivity contribution in [1.82, 2.24) is 20.0 Å². The lowest BCUT2D eigenvalue weighted by Gasteiger charge is -2.26. The number of aromatic amines is 1. The summed E-state index contributed by atoms with van der Waals surface area (Å²) in [5, 5.41) is 9.48. The van der Waals surface area contributed by atoms with Gasteiger partial charge < -0.3 is 4.90 Å². The number of aromatic nitrogens is 2. The summed E-state index contributed by atoms with van der Waals surface area (Å²) >= 11 is 1.78. The second-order valence-corrected chi connectivity index (χ2v) is 6.78. The molecule has 0 radical (unpaired) electrons. The molecule has 0 saturated heterocycles. The molecule has 0 aromatic carbocycles. The number of nitrogens with one attached hydrogen (secondary N) is 1. The molecule has 2 aliphatic rings. The van der Waals surface area contributed by atoms with Crippen LogP contribution in [0.1, 0.15) is 26.6 Å². The topological polar surface area (TPSA) is 52.2 Å². The monoisotopic (exact) mass is 314 g/mol. The molecule has 0 spiro atoms. The third-order valence-corrected chi connectivity index (χ3v) is 5.14. The zero-order valence-corrected chi connectivity index (χ0v) is 13.1. The minimum absolute atomic E-state index is 0.0421. The number of thiophene rings is 1. The Morgan fingerprint density at radius 3 is 3.00 bits per heavy atom. The van der Waals surface area contributed by atoms with Crippen LogP contribution in [0.25, 0.3) is 0 Å². The largest absolute Gasteiger partial charge is 0.330 e. The van der Waals surface area contributed by atoms with E-state index in [2.05, 4.69) is 32.6 Å². The van der Waals surface area contributed by atoms with E-state index in [-0.39, 0.29) is 5.91 Å². The van der Waals surface area contributed by atoms with Crippen LogP contribution in [0.4, 0.5) is 0 Å². The van der Waals surface area contributed by atoms with E-state index in [1.165, 1.54) is 4.88 Å². The molecule has 0 aliphatic carbocycles. The third-order valence-electron chi connectivity index (χ3n) is 4.28. The maximum Gasteiger partial charge on any atom is 0.275 e. The quantitative estimate of drug-likeness (QED) is 0.882. The normalized spacial score (nSPS) is 17.9. The first-order valence-corrected chi connectivity index (χ1v) is 8.44. The van der Waals surface area contributed by atoms with Crippen molar-refractivity contribution in [3.8, 4) is 0 Å². The van der Waals surface area contributed by atoms with Gasteiger partial charge in [0, 0.05) is 55.3 Å². The molecule has 0 saturated carbocycles. The van der Waals surface area contributed by atoms with Gasteiger partial charge in [0.2, 0.25) is 0 Å². The number of hydrogen-bond donors (Lipinski definition) is 1. The number of amides is 1. The van der Waals surface area contributed by atoms with Crippen molar-refractivity contribution < 1.29 is 4.79 Å². The molecule has 114 valence electrons. The zero-order valence-electron chi connectivity index (χ0n) is 12.3. The van der Waals surface area contributed by atoms with E-state index in [1.54, 1.807) is 11.3 Å². The van der Waals surface area contributed by atoms with Crippen LogP contribution in [0.15, 0.2) is 29.7 Å². The molecule has 0 unspecified atom stereocenters. The first-order valence-electron chi connectivity index (χ1n) is 7.56. The first-order chi connectivity index (χ1) is 10.8. The van der Waals surface area contributed by atoms with Crippen LogP contribution in [0.3, 0.4) is 0 Å². The molecular formula is C16H18N4OS. The van der Waals surface area contributed by atoms with Gasteiger partial charge in [-0.25, -0.2) is 0 Å². The van der Waals surface area contributed by atoms with Gasteiger partial charge in [0.05, 0.1) is 0 Å². The molecule has 5 nitrogen and oxygen atoms in total. The number of carbonyl (C=O) groups is 1. The van der Waals surface area contributed by atoms with E-state index in [4.69, 9.17) is 0 Å². The van der Waals surface area contributed by atoms with Gasteiger partial charge in [-0.15, -0.1) is 11.3 Å². The Hall–Kier alpha value is -1.92. The molecular weight excluding hydrogens is 296 g/mol. The predicted octanol–water partition coefficient (Wildman–Crippen LogP) is 2.04. The van der Waals surface area contributed by atoms with Crippen molar-refractivity contribution in [3.05, 3.63) is 51.5 Å². The summed E-state index contributed by atoms with van der Waals surface area (Å²) in [5.41, 5.74) is 2.81. The van der Waals surface area contributed by atoms with Gasteiger partial charge in [0.15, 0.2) is 5.69 Å². The smallest absolute Gasteiger partial charge is 0.275 e. The number of H-pyrrole nitrogens is 1. The van der Waals surface area contributed by atoms with Crippen LogP contribution < -0.4 is 0 Å². The van der Waals surface area contributed by atoms with Crippen LogP contribution in [-0.4, -0.2) is 45.5 Å². The second kappa shape index (κ2) is 5.70. The molecule has 6 heteroatoms. The standard InChI is InChI=1S/C16H18N4OS/c21-16(20-6-1-2-7-20)15-13-11-19(8-5-14(13)17-18-15)10-12-4-3-9-22-12/h1-4,9H,5-8,10-11H2,(H,17,18). The SMILES string of the molecule is O=C(c1n[nH]c2c1CN(Cc1cccs1)CC2)N1CC=CC1. The molecule has 2 aromatic rings. The lowest BCUT2D eigenvalue weighted by molar-refractivity contribution is 0.0791. The summed E-state index contributed by atoms with van der Waals surface area (Å²) in [7, 11) is 0. The van der Waals surface area contributed by atoms with E-state index in [1.807, 2.05) is 17.1 Å². The molecule has 0 bridgehead atoms. The van der Waals surface area contributed by atoms with E-state index >= 15 is 0 Å². The van der Waals surface area contributed by atoms with Gasteiger partial charge in [-0.1, -0.05) is 18.2 Å². The Labute approximate surface area is 133 Å². The number of hydrogen-bond acceptors (Lipinski definition) is 4. The summed E-state index contributed by atoms with van der Waals surface area (Å²) in [6, 6.07) is 4.25. The highest BCUT2D eigenvalue weighted by Crippen LogP contribution is 2.24. The molecule has 0 fully saturated rings. The maximum absolute atomic E-state index is 12.6. The Kier molecular flexibility index (Phi) is 3.56. The fourth-order valence-electron chi connectivity index (χ4n) is 3.08. The predicted molar refractivity (Wildman–Crippen MR) is 85.8 cm³/mol. The lowest BCUT2D eigenvalue weighted by atomic mass is 10.0. The van der Waals surface area contributed by atoms with Crippen LogP contribution in [0.5, 0.6) is 0 Å². The van der Waals surface area contributed by atoms with Crippen molar-refractivity contribution in [2.45, 2.75) is 19.5 Å². The molecule has 2 aliphatic heterocycles. The average Bonchev–Trinajstić information content (AvgIpc) is 3.28. The van der Waals surface area contributed by atoms with Gasteiger partial charge in [0.1, 0.15) is 0 Å². The average molecular weight is 314 g/mol. The number of carbonyl (C=O) groups excluding carboxylic acids is 1.